The van der Waals surface area contributed by atoms with Gasteiger partial charge in [-0.25, -0.2) is 0 Å². The Labute approximate surface area is 85.5 Å². The number of nitrogens with zero attached hydrogens (tertiary/aromatic N) is 1. The lowest BCUT2D eigenvalue weighted by Crippen LogP contribution is -2.45. The van der Waals surface area contributed by atoms with E-state index in [9.17, 15) is 9.59 Å². The molecule has 3 nitrogen and oxygen atoms in total. The summed E-state index contributed by atoms with van der Waals surface area (Å²) in [6, 6.07) is -0.185. The van der Waals surface area contributed by atoms with Gasteiger partial charge in [0, 0.05) is 19.4 Å². The van der Waals surface area contributed by atoms with E-state index in [0.717, 1.165) is 13.0 Å². The van der Waals surface area contributed by atoms with Gasteiger partial charge in [0.05, 0.1) is 6.04 Å². The molecule has 0 spiro atoms. The monoisotopic (exact) mass is 197 g/mol. The fourth-order valence-corrected chi connectivity index (χ4v) is 2.08. The van der Waals surface area contributed by atoms with Crippen LogP contribution in [0.2, 0.25) is 0 Å². The summed E-state index contributed by atoms with van der Waals surface area (Å²) in [5.74, 6) is 0.560. The number of carbonyl (C=O) groups excluding carboxylic acids is 2. The van der Waals surface area contributed by atoms with E-state index in [0.29, 0.717) is 12.8 Å². The SMILES string of the molecule is CCC(=O)C(C(C)C)N1CCCC1=O. The molecule has 0 aromatic heterocycles. The second-order valence-electron chi connectivity index (χ2n) is 4.20. The molecule has 1 fully saturated rings. The van der Waals surface area contributed by atoms with Crippen LogP contribution in [0.15, 0.2) is 0 Å². The van der Waals surface area contributed by atoms with Crippen molar-refractivity contribution in [2.45, 2.75) is 46.1 Å². The van der Waals surface area contributed by atoms with E-state index in [1.807, 2.05) is 20.8 Å². The van der Waals surface area contributed by atoms with Gasteiger partial charge in [-0.1, -0.05) is 20.8 Å². The molecule has 1 aliphatic rings. The lowest BCUT2D eigenvalue weighted by Gasteiger charge is -2.29. The number of amides is 1. The molecule has 1 unspecified atom stereocenters. The lowest BCUT2D eigenvalue weighted by atomic mass is 9.97. The van der Waals surface area contributed by atoms with E-state index in [1.165, 1.54) is 0 Å². The standard InChI is InChI=1S/C11H19NO2/c1-4-9(13)11(8(2)3)12-7-5-6-10(12)14/h8,11H,4-7H2,1-3H3. The number of ketones is 1. The molecule has 1 amide bonds. The number of likely N-dealkylation sites (tertiary alicyclic amines) is 1. The number of rotatable bonds is 4. The average molecular weight is 197 g/mol. The third-order valence-corrected chi connectivity index (χ3v) is 2.76. The topological polar surface area (TPSA) is 37.4 Å². The first-order chi connectivity index (χ1) is 6.57. The van der Waals surface area contributed by atoms with Crippen molar-refractivity contribution < 1.29 is 9.59 Å². The molecule has 1 rings (SSSR count). The molecular formula is C11H19NO2. The van der Waals surface area contributed by atoms with Gasteiger partial charge >= 0.3 is 0 Å². The molecule has 0 bridgehead atoms. The Bertz CT molecular complexity index is 235. The third kappa shape index (κ3) is 2.14. The molecule has 1 aliphatic heterocycles. The molecule has 0 aliphatic carbocycles. The minimum Gasteiger partial charge on any atom is -0.332 e. The Hall–Kier alpha value is -0.860. The van der Waals surface area contributed by atoms with Crippen LogP contribution in [0.25, 0.3) is 0 Å². The molecule has 0 aromatic carbocycles. The second-order valence-corrected chi connectivity index (χ2v) is 4.20. The van der Waals surface area contributed by atoms with Crippen LogP contribution in [0.1, 0.15) is 40.0 Å². The maximum Gasteiger partial charge on any atom is 0.223 e. The van der Waals surface area contributed by atoms with Crippen LogP contribution in [0.5, 0.6) is 0 Å². The summed E-state index contributed by atoms with van der Waals surface area (Å²) in [5.41, 5.74) is 0. The van der Waals surface area contributed by atoms with Crippen molar-refractivity contribution >= 4 is 11.7 Å². The second kappa shape index (κ2) is 4.58. The Morgan fingerprint density at radius 3 is 2.50 bits per heavy atom. The summed E-state index contributed by atoms with van der Waals surface area (Å²) in [5, 5.41) is 0. The predicted octanol–water partition coefficient (Wildman–Crippen LogP) is 1.61. The number of hydrogen-bond donors (Lipinski definition) is 0. The van der Waals surface area contributed by atoms with Gasteiger partial charge < -0.3 is 4.90 Å². The van der Waals surface area contributed by atoms with Crippen LogP contribution in [0, 0.1) is 5.92 Å². The first-order valence-corrected chi connectivity index (χ1v) is 5.40. The zero-order valence-corrected chi connectivity index (χ0v) is 9.25. The molecule has 1 atom stereocenters. The fourth-order valence-electron chi connectivity index (χ4n) is 2.08. The Morgan fingerprint density at radius 1 is 1.50 bits per heavy atom. The van der Waals surface area contributed by atoms with Crippen molar-refractivity contribution in [1.29, 1.82) is 0 Å². The van der Waals surface area contributed by atoms with Crippen LogP contribution in [0.4, 0.5) is 0 Å². The molecule has 1 heterocycles. The molecule has 0 N–H and O–H groups in total. The van der Waals surface area contributed by atoms with Crippen LogP contribution < -0.4 is 0 Å². The van der Waals surface area contributed by atoms with E-state index in [-0.39, 0.29) is 23.7 Å². The molecule has 3 heteroatoms. The van der Waals surface area contributed by atoms with Crippen molar-refractivity contribution in [2.24, 2.45) is 5.92 Å². The minimum atomic E-state index is -0.185. The highest BCUT2D eigenvalue weighted by atomic mass is 16.2. The maximum absolute atomic E-state index is 11.7. The van der Waals surface area contributed by atoms with E-state index >= 15 is 0 Å². The van der Waals surface area contributed by atoms with E-state index < -0.39 is 0 Å². The van der Waals surface area contributed by atoms with E-state index in [1.54, 1.807) is 4.90 Å². The zero-order valence-electron chi connectivity index (χ0n) is 9.25. The van der Waals surface area contributed by atoms with Gasteiger partial charge in [-0.2, -0.15) is 0 Å². The summed E-state index contributed by atoms with van der Waals surface area (Å²) in [6.45, 7) is 6.62. The van der Waals surface area contributed by atoms with Gasteiger partial charge in [-0.3, -0.25) is 9.59 Å². The number of hydrogen-bond acceptors (Lipinski definition) is 2. The Balaban J connectivity index is 2.76. The quantitative estimate of drug-likeness (QED) is 0.686. The maximum atomic E-state index is 11.7. The van der Waals surface area contributed by atoms with Crippen LogP contribution in [-0.4, -0.2) is 29.2 Å². The molecule has 0 aromatic rings. The van der Waals surface area contributed by atoms with Crippen molar-refractivity contribution in [3.63, 3.8) is 0 Å². The first-order valence-electron chi connectivity index (χ1n) is 5.40. The van der Waals surface area contributed by atoms with Gasteiger partial charge in [-0.15, -0.1) is 0 Å². The number of carbonyl (C=O) groups is 2. The van der Waals surface area contributed by atoms with Crippen LogP contribution in [0.3, 0.4) is 0 Å². The smallest absolute Gasteiger partial charge is 0.223 e. The fraction of sp³-hybridized carbons (Fsp3) is 0.818. The summed E-state index contributed by atoms with van der Waals surface area (Å²) in [6.07, 6.45) is 2.03. The minimum absolute atomic E-state index is 0.144. The van der Waals surface area contributed by atoms with Crippen molar-refractivity contribution in [3.8, 4) is 0 Å². The van der Waals surface area contributed by atoms with Gasteiger partial charge in [0.2, 0.25) is 5.91 Å². The number of Topliss-reactive ketones (excluding diaryl/α,β-unsaturated/α-hetero) is 1. The predicted molar refractivity (Wildman–Crippen MR) is 54.9 cm³/mol. The third-order valence-electron chi connectivity index (χ3n) is 2.76. The van der Waals surface area contributed by atoms with Crippen LogP contribution in [-0.2, 0) is 9.59 Å². The highest BCUT2D eigenvalue weighted by Gasteiger charge is 2.33. The molecule has 14 heavy (non-hydrogen) atoms. The van der Waals surface area contributed by atoms with Crippen LogP contribution >= 0.6 is 0 Å². The highest BCUT2D eigenvalue weighted by molar-refractivity contribution is 5.89. The summed E-state index contributed by atoms with van der Waals surface area (Å²) >= 11 is 0. The molecule has 1 saturated heterocycles. The molecule has 0 radical (unpaired) electrons. The van der Waals surface area contributed by atoms with Gasteiger partial charge in [0.1, 0.15) is 0 Å². The van der Waals surface area contributed by atoms with E-state index in [2.05, 4.69) is 0 Å². The largest absolute Gasteiger partial charge is 0.332 e. The average Bonchev–Trinajstić information content (AvgIpc) is 2.52. The normalized spacial score (nSPS) is 19.1. The summed E-state index contributed by atoms with van der Waals surface area (Å²) < 4.78 is 0. The van der Waals surface area contributed by atoms with E-state index in [4.69, 9.17) is 0 Å². The van der Waals surface area contributed by atoms with Crippen molar-refractivity contribution in [3.05, 3.63) is 0 Å². The van der Waals surface area contributed by atoms with Gasteiger partial charge in [0.15, 0.2) is 5.78 Å². The zero-order chi connectivity index (χ0) is 10.7. The van der Waals surface area contributed by atoms with Crippen molar-refractivity contribution in [1.82, 2.24) is 4.90 Å². The van der Waals surface area contributed by atoms with Gasteiger partial charge in [-0.05, 0) is 12.3 Å². The molecule has 0 saturated carbocycles. The molecule has 80 valence electrons. The Morgan fingerprint density at radius 2 is 2.14 bits per heavy atom. The lowest BCUT2D eigenvalue weighted by molar-refractivity contribution is -0.137. The Kier molecular flexibility index (Phi) is 3.67. The van der Waals surface area contributed by atoms with Crippen molar-refractivity contribution in [2.75, 3.05) is 6.54 Å². The summed E-state index contributed by atoms with van der Waals surface area (Å²) in [4.78, 5) is 25.0. The van der Waals surface area contributed by atoms with Gasteiger partial charge in [0.25, 0.3) is 0 Å². The first kappa shape index (κ1) is 11.2. The summed E-state index contributed by atoms with van der Waals surface area (Å²) in [7, 11) is 0. The highest BCUT2D eigenvalue weighted by Crippen LogP contribution is 2.20. The molecular weight excluding hydrogens is 178 g/mol.